The van der Waals surface area contributed by atoms with Crippen molar-refractivity contribution in [2.24, 2.45) is 0 Å². The minimum absolute atomic E-state index is 1.21. The number of hydrogen-bond acceptors (Lipinski definition) is 0. The molecule has 1 aromatic heterocycles. The number of aromatic amines is 1. The quantitative estimate of drug-likeness (QED) is 0.580. The molecule has 0 aliphatic carbocycles. The lowest BCUT2D eigenvalue weighted by molar-refractivity contribution is 1.25. The first-order valence-electron chi connectivity index (χ1n) is 4.71. The average Bonchev–Trinajstić information content (AvgIpc) is 2.54. The van der Waals surface area contributed by atoms with Crippen molar-refractivity contribution in [2.75, 3.05) is 0 Å². The van der Waals surface area contributed by atoms with E-state index in [0.29, 0.717) is 0 Å². The van der Waals surface area contributed by atoms with Crippen molar-refractivity contribution in [3.05, 3.63) is 21.1 Å². The molecular formula is C12H17N. The van der Waals surface area contributed by atoms with Crippen LogP contribution in [-0.2, 0) is 0 Å². The Bertz CT molecular complexity index is 454. The summed E-state index contributed by atoms with van der Waals surface area (Å²) in [4.78, 5) is 3.38. The van der Waals surface area contributed by atoms with Gasteiger partial charge in [0.2, 0.25) is 0 Å². The zero-order valence-electron chi connectivity index (χ0n) is 8.81. The van der Waals surface area contributed by atoms with Gasteiger partial charge in [0.15, 0.2) is 0 Å². The number of aromatic nitrogens is 1. The van der Waals surface area contributed by atoms with Gasteiger partial charge in [0.1, 0.15) is 0 Å². The molecule has 0 unspecified atom stereocenters. The molecule has 0 saturated heterocycles. The van der Waals surface area contributed by atoms with Gasteiger partial charge in [-0.3, -0.25) is 0 Å². The van der Waals surface area contributed by atoms with Crippen LogP contribution < -0.4 is 21.1 Å². The molecule has 0 bridgehead atoms. The second-order valence-corrected chi connectivity index (χ2v) is 2.93. The number of nitrogens with one attached hydrogen (secondary N) is 1. The third-order valence-corrected chi connectivity index (χ3v) is 2.29. The van der Waals surface area contributed by atoms with Crippen LogP contribution in [-0.4, -0.2) is 4.98 Å². The van der Waals surface area contributed by atoms with Gasteiger partial charge < -0.3 is 4.98 Å². The smallest absolute Gasteiger partial charge is 0.0417 e. The van der Waals surface area contributed by atoms with Crippen LogP contribution in [0.1, 0.15) is 27.7 Å². The van der Waals surface area contributed by atoms with Crippen LogP contribution in [0, 0.1) is 0 Å². The highest BCUT2D eigenvalue weighted by Crippen LogP contribution is 1.58. The number of H-pyrrole nitrogens is 1. The van der Waals surface area contributed by atoms with E-state index in [1.165, 1.54) is 21.1 Å². The Morgan fingerprint density at radius 1 is 0.692 bits per heavy atom. The van der Waals surface area contributed by atoms with Crippen LogP contribution in [0.25, 0.3) is 24.3 Å². The predicted octanol–water partition coefficient (Wildman–Crippen LogP) is 0.216. The zero-order chi connectivity index (χ0) is 9.84. The Morgan fingerprint density at radius 3 is 1.31 bits per heavy atom. The highest BCUT2D eigenvalue weighted by molar-refractivity contribution is 5.34. The van der Waals surface area contributed by atoms with E-state index in [0.717, 1.165) is 0 Å². The van der Waals surface area contributed by atoms with Crippen molar-refractivity contribution in [1.82, 2.24) is 4.98 Å². The lowest BCUT2D eigenvalue weighted by atomic mass is 10.3. The molecule has 1 nitrogen and oxygen atoms in total. The van der Waals surface area contributed by atoms with Gasteiger partial charge in [0.05, 0.1) is 0 Å². The van der Waals surface area contributed by atoms with Crippen molar-refractivity contribution < 1.29 is 0 Å². The molecule has 1 rings (SSSR count). The summed E-state index contributed by atoms with van der Waals surface area (Å²) < 4.78 is 0. The minimum Gasteiger partial charge on any atom is -0.355 e. The van der Waals surface area contributed by atoms with E-state index in [9.17, 15) is 0 Å². The average molecular weight is 175 g/mol. The molecular weight excluding hydrogens is 158 g/mol. The van der Waals surface area contributed by atoms with Crippen LogP contribution in [0.2, 0.25) is 0 Å². The van der Waals surface area contributed by atoms with Gasteiger partial charge in [-0.1, -0.05) is 24.3 Å². The van der Waals surface area contributed by atoms with Crippen LogP contribution in [0.4, 0.5) is 0 Å². The van der Waals surface area contributed by atoms with Crippen molar-refractivity contribution >= 4 is 24.3 Å². The van der Waals surface area contributed by atoms with Crippen LogP contribution in [0.15, 0.2) is 0 Å². The maximum atomic E-state index is 3.38. The summed E-state index contributed by atoms with van der Waals surface area (Å²) in [5.41, 5.74) is 0. The number of rotatable bonds is 0. The molecule has 1 N–H and O–H groups in total. The van der Waals surface area contributed by atoms with E-state index in [1.807, 2.05) is 0 Å². The normalized spacial score (nSPS) is 17.5. The van der Waals surface area contributed by atoms with Crippen LogP contribution in [0.5, 0.6) is 0 Å². The lowest BCUT2D eigenvalue weighted by Crippen LogP contribution is -2.36. The molecule has 1 aromatic rings. The highest BCUT2D eigenvalue weighted by Gasteiger charge is 1.90. The second kappa shape index (κ2) is 4.13. The minimum atomic E-state index is 1.21. The monoisotopic (exact) mass is 175 g/mol. The largest absolute Gasteiger partial charge is 0.355 e. The Morgan fingerprint density at radius 2 is 1.08 bits per heavy atom. The fourth-order valence-corrected chi connectivity index (χ4v) is 1.65. The van der Waals surface area contributed by atoms with E-state index in [1.54, 1.807) is 0 Å². The standard InChI is InChI=1S/C12H17N/c1-5-9-10(6-2)12(8-4)13-11(9)7-3/h5-8,13H,1-4H3/b9-5-,10-6?,11-7+,12-8+. The topological polar surface area (TPSA) is 15.8 Å². The summed E-state index contributed by atoms with van der Waals surface area (Å²) in [7, 11) is 0. The van der Waals surface area contributed by atoms with E-state index in [-0.39, 0.29) is 0 Å². The Kier molecular flexibility index (Phi) is 3.13. The van der Waals surface area contributed by atoms with Crippen molar-refractivity contribution in [1.29, 1.82) is 0 Å². The lowest BCUT2D eigenvalue weighted by Gasteiger charge is -1.76. The second-order valence-electron chi connectivity index (χ2n) is 2.93. The molecule has 1 heteroatoms. The first kappa shape index (κ1) is 9.85. The maximum Gasteiger partial charge on any atom is 0.0417 e. The molecule has 0 radical (unpaired) electrons. The van der Waals surface area contributed by atoms with E-state index >= 15 is 0 Å². The maximum absolute atomic E-state index is 3.38. The van der Waals surface area contributed by atoms with Gasteiger partial charge in [0, 0.05) is 21.1 Å². The van der Waals surface area contributed by atoms with Crippen LogP contribution in [0.3, 0.4) is 0 Å². The van der Waals surface area contributed by atoms with Crippen molar-refractivity contribution in [3.63, 3.8) is 0 Å². The Balaban J connectivity index is 4.01. The molecule has 0 atom stereocenters. The summed E-state index contributed by atoms with van der Waals surface area (Å²) in [6, 6.07) is 0. The molecule has 0 saturated carbocycles. The molecule has 0 aliphatic heterocycles. The molecule has 0 spiro atoms. The van der Waals surface area contributed by atoms with Crippen LogP contribution >= 0.6 is 0 Å². The highest BCUT2D eigenvalue weighted by atomic mass is 14.7. The third-order valence-electron chi connectivity index (χ3n) is 2.29. The van der Waals surface area contributed by atoms with Gasteiger partial charge in [-0.25, -0.2) is 0 Å². The van der Waals surface area contributed by atoms with E-state index < -0.39 is 0 Å². The summed E-state index contributed by atoms with van der Waals surface area (Å²) in [6.45, 7) is 8.25. The van der Waals surface area contributed by atoms with Crippen molar-refractivity contribution in [2.45, 2.75) is 27.7 Å². The molecule has 70 valence electrons. The molecule has 0 amide bonds. The Hall–Kier alpha value is -1.24. The van der Waals surface area contributed by atoms with Gasteiger partial charge in [-0.05, 0) is 27.7 Å². The zero-order valence-corrected chi connectivity index (χ0v) is 8.81. The molecule has 0 aliphatic rings. The molecule has 0 fully saturated rings. The first-order valence-corrected chi connectivity index (χ1v) is 4.71. The predicted molar refractivity (Wildman–Crippen MR) is 59.8 cm³/mol. The van der Waals surface area contributed by atoms with Gasteiger partial charge in [-0.15, -0.1) is 0 Å². The fourth-order valence-electron chi connectivity index (χ4n) is 1.65. The molecule has 0 aromatic carbocycles. The summed E-state index contributed by atoms with van der Waals surface area (Å²) in [6.07, 6.45) is 8.51. The number of hydrogen-bond donors (Lipinski definition) is 1. The molecule has 13 heavy (non-hydrogen) atoms. The summed E-state index contributed by atoms with van der Waals surface area (Å²) in [5.74, 6) is 0. The first-order chi connectivity index (χ1) is 6.28. The van der Waals surface area contributed by atoms with Gasteiger partial charge in [-0.2, -0.15) is 0 Å². The Labute approximate surface area is 78.8 Å². The van der Waals surface area contributed by atoms with E-state index in [2.05, 4.69) is 57.0 Å². The summed E-state index contributed by atoms with van der Waals surface area (Å²) >= 11 is 0. The van der Waals surface area contributed by atoms with E-state index in [4.69, 9.17) is 0 Å². The third kappa shape index (κ3) is 1.59. The summed E-state index contributed by atoms with van der Waals surface area (Å²) in [5, 5.41) is 5.03. The van der Waals surface area contributed by atoms with Gasteiger partial charge in [0.25, 0.3) is 0 Å². The van der Waals surface area contributed by atoms with Crippen molar-refractivity contribution in [3.8, 4) is 0 Å². The SMILES string of the molecule is CC=c1c(=C/C)/c(=C\C)[nH]/c1=C/C. The fraction of sp³-hybridized carbons (Fsp3) is 0.333. The van der Waals surface area contributed by atoms with Gasteiger partial charge >= 0.3 is 0 Å². The molecule has 1 heterocycles.